The van der Waals surface area contributed by atoms with Crippen LogP contribution in [-0.4, -0.2) is 44.4 Å². The Morgan fingerprint density at radius 3 is 2.32 bits per heavy atom. The van der Waals surface area contributed by atoms with Gasteiger partial charge in [-0.25, -0.2) is 4.79 Å². The Kier molecular flexibility index (Phi) is 7.54. The van der Waals surface area contributed by atoms with Crippen molar-refractivity contribution in [1.82, 2.24) is 10.6 Å². The van der Waals surface area contributed by atoms with Crippen molar-refractivity contribution in [3.63, 3.8) is 0 Å². The van der Waals surface area contributed by atoms with Gasteiger partial charge in [0, 0.05) is 6.54 Å². The lowest BCUT2D eigenvalue weighted by Crippen LogP contribution is -2.46. The van der Waals surface area contributed by atoms with Gasteiger partial charge in [0.2, 0.25) is 5.91 Å². The van der Waals surface area contributed by atoms with Crippen LogP contribution in [0.5, 0.6) is 11.5 Å². The van der Waals surface area contributed by atoms with E-state index in [2.05, 4.69) is 10.6 Å². The van der Waals surface area contributed by atoms with Crippen molar-refractivity contribution in [1.29, 1.82) is 0 Å². The molecule has 0 saturated heterocycles. The Hall–Kier alpha value is -2.44. The van der Waals surface area contributed by atoms with Gasteiger partial charge < -0.3 is 24.8 Å². The molecular formula is C18H28N2O5. The minimum atomic E-state index is -0.680. The summed E-state index contributed by atoms with van der Waals surface area (Å²) < 4.78 is 15.6. The van der Waals surface area contributed by atoms with E-state index >= 15 is 0 Å². The Labute approximate surface area is 149 Å². The van der Waals surface area contributed by atoms with E-state index < -0.39 is 17.7 Å². The average molecular weight is 352 g/mol. The predicted octanol–water partition coefficient (Wildman–Crippen LogP) is 2.28. The van der Waals surface area contributed by atoms with Gasteiger partial charge in [0.25, 0.3) is 0 Å². The molecule has 0 bridgehead atoms. The van der Waals surface area contributed by atoms with Gasteiger partial charge in [-0.2, -0.15) is 0 Å². The number of ether oxygens (including phenoxy) is 3. The van der Waals surface area contributed by atoms with Crippen LogP contribution in [0.15, 0.2) is 18.2 Å². The zero-order valence-electron chi connectivity index (χ0n) is 15.8. The normalized spacial score (nSPS) is 12.1. The maximum Gasteiger partial charge on any atom is 0.408 e. The fourth-order valence-corrected chi connectivity index (χ4v) is 2.07. The zero-order valence-corrected chi connectivity index (χ0v) is 15.8. The van der Waals surface area contributed by atoms with Crippen molar-refractivity contribution in [3.8, 4) is 11.5 Å². The summed E-state index contributed by atoms with van der Waals surface area (Å²) >= 11 is 0. The smallest absolute Gasteiger partial charge is 0.408 e. The van der Waals surface area contributed by atoms with Crippen LogP contribution in [0.25, 0.3) is 0 Å². The molecule has 0 aliphatic heterocycles. The third-order valence-corrected chi connectivity index (χ3v) is 3.29. The van der Waals surface area contributed by atoms with Gasteiger partial charge >= 0.3 is 6.09 Å². The minimum Gasteiger partial charge on any atom is -0.493 e. The molecule has 1 aromatic carbocycles. The number of hydrogen-bond acceptors (Lipinski definition) is 5. The van der Waals surface area contributed by atoms with E-state index in [-0.39, 0.29) is 5.91 Å². The summed E-state index contributed by atoms with van der Waals surface area (Å²) in [6, 6.07) is 4.92. The molecule has 0 saturated carbocycles. The van der Waals surface area contributed by atoms with Crippen LogP contribution in [0.1, 0.15) is 33.3 Å². The van der Waals surface area contributed by atoms with Gasteiger partial charge in [-0.3, -0.25) is 4.79 Å². The van der Waals surface area contributed by atoms with Crippen molar-refractivity contribution in [2.24, 2.45) is 0 Å². The number of benzene rings is 1. The third kappa shape index (κ3) is 7.32. The Bertz CT molecular complexity index is 596. The topological polar surface area (TPSA) is 85.9 Å². The van der Waals surface area contributed by atoms with E-state index in [9.17, 15) is 9.59 Å². The van der Waals surface area contributed by atoms with Gasteiger partial charge in [-0.05, 0) is 51.8 Å². The van der Waals surface area contributed by atoms with E-state index in [1.807, 2.05) is 18.2 Å². The Morgan fingerprint density at radius 2 is 1.76 bits per heavy atom. The summed E-state index contributed by atoms with van der Waals surface area (Å²) in [5, 5.41) is 5.29. The number of nitrogens with one attached hydrogen (secondary N) is 2. The summed E-state index contributed by atoms with van der Waals surface area (Å²) in [5.74, 6) is 1.03. The van der Waals surface area contributed by atoms with Crippen molar-refractivity contribution >= 4 is 12.0 Å². The van der Waals surface area contributed by atoms with Crippen LogP contribution in [-0.2, 0) is 16.0 Å². The summed E-state index contributed by atoms with van der Waals surface area (Å²) in [7, 11) is 3.16. The van der Waals surface area contributed by atoms with Crippen molar-refractivity contribution in [3.05, 3.63) is 23.8 Å². The quantitative estimate of drug-likeness (QED) is 0.786. The highest BCUT2D eigenvalue weighted by Crippen LogP contribution is 2.27. The molecule has 140 valence electrons. The van der Waals surface area contributed by atoms with Crippen LogP contribution >= 0.6 is 0 Å². The lowest BCUT2D eigenvalue weighted by atomic mass is 10.1. The molecule has 0 fully saturated rings. The maximum atomic E-state index is 12.0. The summed E-state index contributed by atoms with van der Waals surface area (Å²) in [5.41, 5.74) is 0.402. The molecule has 25 heavy (non-hydrogen) atoms. The van der Waals surface area contributed by atoms with E-state index in [1.165, 1.54) is 0 Å². The van der Waals surface area contributed by atoms with Crippen LogP contribution < -0.4 is 20.1 Å². The highest BCUT2D eigenvalue weighted by molar-refractivity contribution is 5.85. The molecule has 1 aromatic rings. The lowest BCUT2D eigenvalue weighted by molar-refractivity contribution is -0.122. The van der Waals surface area contributed by atoms with Gasteiger partial charge in [0.15, 0.2) is 11.5 Å². The monoisotopic (exact) mass is 352 g/mol. The number of alkyl carbamates (subject to hydrolysis) is 1. The largest absolute Gasteiger partial charge is 0.493 e. The fourth-order valence-electron chi connectivity index (χ4n) is 2.07. The van der Waals surface area contributed by atoms with Gasteiger partial charge in [0.1, 0.15) is 11.6 Å². The molecule has 7 nitrogen and oxygen atoms in total. The first-order valence-corrected chi connectivity index (χ1v) is 8.14. The molecule has 2 N–H and O–H groups in total. The number of carbonyl (C=O) groups is 2. The van der Waals surface area contributed by atoms with Crippen LogP contribution in [0.2, 0.25) is 0 Å². The molecule has 0 aliphatic carbocycles. The molecule has 1 unspecified atom stereocenters. The van der Waals surface area contributed by atoms with Gasteiger partial charge in [-0.1, -0.05) is 6.07 Å². The second-order valence-electron chi connectivity index (χ2n) is 6.60. The average Bonchev–Trinajstić information content (AvgIpc) is 2.52. The number of amides is 2. The molecule has 1 atom stereocenters. The van der Waals surface area contributed by atoms with Crippen molar-refractivity contribution < 1.29 is 23.8 Å². The second-order valence-corrected chi connectivity index (χ2v) is 6.60. The van der Waals surface area contributed by atoms with Crippen molar-refractivity contribution in [2.75, 3.05) is 20.8 Å². The Balaban J connectivity index is 2.45. The molecular weight excluding hydrogens is 324 g/mol. The van der Waals surface area contributed by atoms with E-state index in [0.717, 1.165) is 5.56 Å². The third-order valence-electron chi connectivity index (χ3n) is 3.29. The molecule has 0 aliphatic rings. The van der Waals surface area contributed by atoms with Crippen LogP contribution in [0.3, 0.4) is 0 Å². The highest BCUT2D eigenvalue weighted by atomic mass is 16.6. The SMILES string of the molecule is COc1ccc(CCNC(=O)C(C)NC(=O)OC(C)(C)C)cc1OC. The first kappa shape index (κ1) is 20.6. The van der Waals surface area contributed by atoms with E-state index in [1.54, 1.807) is 41.9 Å². The van der Waals surface area contributed by atoms with Crippen LogP contribution in [0.4, 0.5) is 4.79 Å². The molecule has 0 spiro atoms. The Morgan fingerprint density at radius 1 is 1.12 bits per heavy atom. The number of carbonyl (C=O) groups excluding carboxylic acids is 2. The minimum absolute atomic E-state index is 0.272. The fraction of sp³-hybridized carbons (Fsp3) is 0.556. The number of rotatable bonds is 7. The van der Waals surface area contributed by atoms with E-state index in [0.29, 0.717) is 24.5 Å². The lowest BCUT2D eigenvalue weighted by Gasteiger charge is -2.21. The summed E-state index contributed by atoms with van der Waals surface area (Å²) in [6.45, 7) is 7.34. The van der Waals surface area contributed by atoms with Crippen molar-refractivity contribution in [2.45, 2.75) is 45.8 Å². The number of hydrogen-bond donors (Lipinski definition) is 2. The first-order chi connectivity index (χ1) is 11.7. The van der Waals surface area contributed by atoms with Crippen LogP contribution in [0, 0.1) is 0 Å². The zero-order chi connectivity index (χ0) is 19.0. The molecule has 0 heterocycles. The second kappa shape index (κ2) is 9.15. The molecule has 0 aromatic heterocycles. The predicted molar refractivity (Wildman–Crippen MR) is 95.1 cm³/mol. The van der Waals surface area contributed by atoms with E-state index in [4.69, 9.17) is 14.2 Å². The van der Waals surface area contributed by atoms with Gasteiger partial charge in [-0.15, -0.1) is 0 Å². The highest BCUT2D eigenvalue weighted by Gasteiger charge is 2.20. The summed E-state index contributed by atoms with van der Waals surface area (Å²) in [4.78, 5) is 23.7. The standard InChI is InChI=1S/C18H28N2O5/c1-12(20-17(22)25-18(2,3)4)16(21)19-10-9-13-7-8-14(23-5)15(11-13)24-6/h7-8,11-12H,9-10H2,1-6H3,(H,19,21)(H,20,22). The molecule has 0 radical (unpaired) electrons. The molecule has 2 amide bonds. The molecule has 7 heteroatoms. The number of methoxy groups -OCH3 is 2. The van der Waals surface area contributed by atoms with Gasteiger partial charge in [0.05, 0.1) is 14.2 Å². The summed E-state index contributed by atoms with van der Waals surface area (Å²) in [6.07, 6.45) is 0.0145. The maximum absolute atomic E-state index is 12.0. The first-order valence-electron chi connectivity index (χ1n) is 8.14. The molecule has 1 rings (SSSR count).